The Labute approximate surface area is 153 Å². The van der Waals surface area contributed by atoms with Gasteiger partial charge in [-0.15, -0.1) is 12.4 Å². The highest BCUT2D eigenvalue weighted by Crippen LogP contribution is 2.19. The van der Waals surface area contributed by atoms with Crippen molar-refractivity contribution < 1.29 is 22.8 Å². The van der Waals surface area contributed by atoms with E-state index in [2.05, 4.69) is 21.0 Å². The molecule has 1 aromatic carbocycles. The summed E-state index contributed by atoms with van der Waals surface area (Å²) in [7, 11) is 3.26. The summed E-state index contributed by atoms with van der Waals surface area (Å²) >= 11 is 0. The fourth-order valence-electron chi connectivity index (χ4n) is 2.12. The maximum Gasteiger partial charge on any atom is 0.243 e. The zero-order valence-corrected chi connectivity index (χ0v) is 14.7. The number of hydrogen-bond acceptors (Lipinski definition) is 4. The van der Waals surface area contributed by atoms with Gasteiger partial charge >= 0.3 is 0 Å². The molecule has 11 heteroatoms. The van der Waals surface area contributed by atoms with Crippen LogP contribution in [-0.2, 0) is 16.6 Å². The molecule has 1 atom stereocenters. The molecule has 2 amide bonds. The van der Waals surface area contributed by atoms with Crippen molar-refractivity contribution in [3.63, 3.8) is 0 Å². The third-order valence-corrected chi connectivity index (χ3v) is 3.34. The SMILES string of the molecule is CNC(C(=O)NCC(=O)Nc1ccc(F)c(F)c1F)c1cnn(C)c1.Cl. The molecule has 0 saturated heterocycles. The molecular weight excluding hydrogens is 375 g/mol. The highest BCUT2D eigenvalue weighted by molar-refractivity contribution is 5.95. The van der Waals surface area contributed by atoms with Gasteiger partial charge in [-0.3, -0.25) is 14.3 Å². The van der Waals surface area contributed by atoms with E-state index >= 15 is 0 Å². The number of rotatable bonds is 6. The Morgan fingerprint density at radius 2 is 1.92 bits per heavy atom. The van der Waals surface area contributed by atoms with Crippen molar-refractivity contribution in [3.8, 4) is 0 Å². The van der Waals surface area contributed by atoms with Crippen molar-refractivity contribution >= 4 is 29.9 Å². The summed E-state index contributed by atoms with van der Waals surface area (Å²) in [6.07, 6.45) is 3.13. The average Bonchev–Trinajstić information content (AvgIpc) is 3.00. The van der Waals surface area contributed by atoms with Crippen LogP contribution in [0, 0.1) is 17.5 Å². The van der Waals surface area contributed by atoms with Crippen LogP contribution in [0.2, 0.25) is 0 Å². The molecule has 0 saturated carbocycles. The summed E-state index contributed by atoms with van der Waals surface area (Å²) < 4.78 is 41.0. The van der Waals surface area contributed by atoms with E-state index in [1.807, 2.05) is 0 Å². The summed E-state index contributed by atoms with van der Waals surface area (Å²) in [6.45, 7) is -0.476. The largest absolute Gasteiger partial charge is 0.345 e. The number of carbonyl (C=O) groups excluding carboxylic acids is 2. The molecule has 7 nitrogen and oxygen atoms in total. The van der Waals surface area contributed by atoms with Crippen LogP contribution in [0.5, 0.6) is 0 Å². The first-order chi connectivity index (χ1) is 11.8. The molecule has 0 fully saturated rings. The lowest BCUT2D eigenvalue weighted by Crippen LogP contribution is -2.40. The maximum atomic E-state index is 13.5. The van der Waals surface area contributed by atoms with Crippen molar-refractivity contribution in [2.45, 2.75) is 6.04 Å². The first-order valence-corrected chi connectivity index (χ1v) is 7.20. The number of halogens is 4. The number of nitrogens with zero attached hydrogens (tertiary/aromatic N) is 2. The van der Waals surface area contributed by atoms with E-state index in [1.165, 1.54) is 10.9 Å². The van der Waals surface area contributed by atoms with Crippen molar-refractivity contribution in [2.24, 2.45) is 7.05 Å². The minimum Gasteiger partial charge on any atom is -0.345 e. The predicted octanol–water partition coefficient (Wildman–Crippen LogP) is 1.27. The van der Waals surface area contributed by atoms with Gasteiger partial charge in [-0.1, -0.05) is 0 Å². The fraction of sp³-hybridized carbons (Fsp3) is 0.267. The van der Waals surface area contributed by atoms with Crippen LogP contribution >= 0.6 is 12.4 Å². The number of nitrogens with one attached hydrogen (secondary N) is 3. The van der Waals surface area contributed by atoms with Gasteiger partial charge in [-0.2, -0.15) is 5.10 Å². The first-order valence-electron chi connectivity index (χ1n) is 7.20. The molecular formula is C15H17ClF3N5O2. The first kappa shape index (κ1) is 21.5. The smallest absolute Gasteiger partial charge is 0.243 e. The molecule has 0 radical (unpaired) electrons. The molecule has 3 N–H and O–H groups in total. The van der Waals surface area contributed by atoms with Crippen molar-refractivity contribution in [1.82, 2.24) is 20.4 Å². The summed E-state index contributed by atoms with van der Waals surface area (Å²) in [6, 6.07) is 0.840. The van der Waals surface area contributed by atoms with Gasteiger partial charge in [-0.05, 0) is 19.2 Å². The lowest BCUT2D eigenvalue weighted by molar-refractivity contribution is -0.125. The van der Waals surface area contributed by atoms with Crippen molar-refractivity contribution in [3.05, 3.63) is 47.5 Å². The molecule has 1 heterocycles. The zero-order valence-electron chi connectivity index (χ0n) is 13.8. The number of benzene rings is 1. The Bertz CT molecular complexity index is 800. The molecule has 0 aliphatic carbocycles. The molecule has 0 aliphatic rings. The summed E-state index contributed by atoms with van der Waals surface area (Å²) in [5, 5.41) is 11.2. The second kappa shape index (κ2) is 9.20. The number of aryl methyl sites for hydroxylation is 1. The molecule has 0 spiro atoms. The summed E-state index contributed by atoms with van der Waals surface area (Å²) in [5.74, 6) is -5.86. The molecule has 142 valence electrons. The predicted molar refractivity (Wildman–Crippen MR) is 90.2 cm³/mol. The van der Waals surface area contributed by atoms with E-state index in [0.717, 1.165) is 6.07 Å². The fourth-order valence-corrected chi connectivity index (χ4v) is 2.12. The second-order valence-corrected chi connectivity index (χ2v) is 5.16. The van der Waals surface area contributed by atoms with Crippen molar-refractivity contribution in [2.75, 3.05) is 18.9 Å². The number of aromatic nitrogens is 2. The van der Waals surface area contributed by atoms with Gasteiger partial charge < -0.3 is 16.0 Å². The van der Waals surface area contributed by atoms with Crippen LogP contribution in [0.1, 0.15) is 11.6 Å². The Morgan fingerprint density at radius 3 is 2.50 bits per heavy atom. The highest BCUT2D eigenvalue weighted by Gasteiger charge is 2.21. The van der Waals surface area contributed by atoms with Gasteiger partial charge in [0.15, 0.2) is 17.5 Å². The molecule has 0 aliphatic heterocycles. The molecule has 0 bridgehead atoms. The lowest BCUT2D eigenvalue weighted by atomic mass is 10.1. The highest BCUT2D eigenvalue weighted by atomic mass is 35.5. The number of carbonyl (C=O) groups is 2. The minimum absolute atomic E-state index is 0. The maximum absolute atomic E-state index is 13.5. The molecule has 26 heavy (non-hydrogen) atoms. The topological polar surface area (TPSA) is 88.1 Å². The van der Waals surface area contributed by atoms with Crippen LogP contribution in [0.3, 0.4) is 0 Å². The van der Waals surface area contributed by atoms with E-state index in [0.29, 0.717) is 11.6 Å². The van der Waals surface area contributed by atoms with Crippen molar-refractivity contribution in [1.29, 1.82) is 0 Å². The molecule has 2 rings (SSSR count). The molecule has 1 unspecified atom stereocenters. The van der Waals surface area contributed by atoms with Crippen LogP contribution < -0.4 is 16.0 Å². The summed E-state index contributed by atoms with van der Waals surface area (Å²) in [5.41, 5.74) is 0.0742. The standard InChI is InChI=1S/C15H16F3N5O2.ClH/c1-19-14(8-5-21-23(2)7-8)15(25)20-6-11(24)22-10-4-3-9(16)12(17)13(10)18;/h3-5,7,14,19H,6H2,1-2H3,(H,20,25)(H,22,24);1H. The second-order valence-electron chi connectivity index (χ2n) is 5.16. The number of anilines is 1. The Morgan fingerprint density at radius 1 is 1.23 bits per heavy atom. The van der Waals surface area contributed by atoms with E-state index in [-0.39, 0.29) is 12.4 Å². The van der Waals surface area contributed by atoms with Gasteiger partial charge in [0.25, 0.3) is 0 Å². The average molecular weight is 392 g/mol. The van der Waals surface area contributed by atoms with Gasteiger partial charge in [0.05, 0.1) is 18.4 Å². The lowest BCUT2D eigenvalue weighted by Gasteiger charge is -2.14. The zero-order chi connectivity index (χ0) is 18.6. The van der Waals surface area contributed by atoms with Crippen LogP contribution in [0.4, 0.5) is 18.9 Å². The molecule has 1 aromatic heterocycles. The van der Waals surface area contributed by atoms with Crippen LogP contribution in [0.25, 0.3) is 0 Å². The normalized spacial score (nSPS) is 11.4. The Kier molecular flexibility index (Phi) is 7.59. The van der Waals surface area contributed by atoms with E-state index < -0.39 is 47.5 Å². The third kappa shape index (κ3) is 4.96. The number of amides is 2. The van der Waals surface area contributed by atoms with Crippen LogP contribution in [-0.4, -0.2) is 35.2 Å². The third-order valence-electron chi connectivity index (χ3n) is 3.34. The Balaban J connectivity index is 0.00000338. The van der Waals surface area contributed by atoms with E-state index in [9.17, 15) is 22.8 Å². The van der Waals surface area contributed by atoms with Gasteiger partial charge in [0.1, 0.15) is 6.04 Å². The van der Waals surface area contributed by atoms with Gasteiger partial charge in [0.2, 0.25) is 11.8 Å². The molecule has 2 aromatic rings. The quantitative estimate of drug-likeness (QED) is 0.647. The van der Waals surface area contributed by atoms with Gasteiger partial charge in [-0.25, -0.2) is 13.2 Å². The van der Waals surface area contributed by atoms with E-state index in [4.69, 9.17) is 0 Å². The number of hydrogen-bond donors (Lipinski definition) is 3. The van der Waals surface area contributed by atoms with Gasteiger partial charge in [0, 0.05) is 18.8 Å². The van der Waals surface area contributed by atoms with E-state index in [1.54, 1.807) is 20.3 Å². The number of likely N-dealkylation sites (N-methyl/N-ethyl adjacent to an activating group) is 1. The minimum atomic E-state index is -1.69. The van der Waals surface area contributed by atoms with Crippen LogP contribution in [0.15, 0.2) is 24.5 Å². The monoisotopic (exact) mass is 391 g/mol. The Hall–Kier alpha value is -2.59. The summed E-state index contributed by atoms with van der Waals surface area (Å²) in [4.78, 5) is 23.9.